The molecule has 0 amide bonds. The number of nitrogens with zero attached hydrogens (tertiary/aromatic N) is 3. The van der Waals surface area contributed by atoms with Gasteiger partial charge < -0.3 is 5.73 Å². The maximum absolute atomic E-state index is 5.81. The highest BCUT2D eigenvalue weighted by molar-refractivity contribution is 5.84. The van der Waals surface area contributed by atoms with E-state index >= 15 is 0 Å². The first-order valence-electron chi connectivity index (χ1n) is 5.08. The van der Waals surface area contributed by atoms with Gasteiger partial charge in [0.25, 0.3) is 0 Å². The van der Waals surface area contributed by atoms with Gasteiger partial charge in [0.15, 0.2) is 5.82 Å². The second kappa shape index (κ2) is 3.02. The van der Waals surface area contributed by atoms with Crippen molar-refractivity contribution in [3.63, 3.8) is 0 Å². The van der Waals surface area contributed by atoms with Crippen LogP contribution in [0.2, 0.25) is 0 Å². The molecule has 0 radical (unpaired) electrons. The molecule has 4 heteroatoms. The molecule has 2 rings (SSSR count). The molecule has 0 bridgehead atoms. The number of hydrogen-bond acceptors (Lipinski definition) is 4. The summed E-state index contributed by atoms with van der Waals surface area (Å²) in [7, 11) is 0. The lowest BCUT2D eigenvalue weighted by molar-refractivity contribution is 0.385. The fraction of sp³-hybridized carbons (Fsp3) is 0.545. The van der Waals surface area contributed by atoms with Crippen LogP contribution in [0.4, 0.5) is 11.5 Å². The first kappa shape index (κ1) is 10.1. The normalized spacial score (nSPS) is 19.3. The third-order valence-corrected chi connectivity index (χ3v) is 2.63. The number of aliphatic imine (C=N–C) groups is 1. The van der Waals surface area contributed by atoms with Gasteiger partial charge in [-0.05, 0) is 12.3 Å². The smallest absolute Gasteiger partial charge is 0.153 e. The van der Waals surface area contributed by atoms with E-state index in [0.717, 1.165) is 11.4 Å². The van der Waals surface area contributed by atoms with Gasteiger partial charge in [0.1, 0.15) is 11.5 Å². The Morgan fingerprint density at radius 1 is 1.27 bits per heavy atom. The van der Waals surface area contributed by atoms with Crippen LogP contribution >= 0.6 is 0 Å². The molecule has 1 unspecified atom stereocenters. The number of fused-ring (bicyclic) bond motifs is 1. The third kappa shape index (κ3) is 1.60. The quantitative estimate of drug-likeness (QED) is 0.704. The fourth-order valence-corrected chi connectivity index (χ4v) is 1.81. The number of hydrogen-bond donors (Lipinski definition) is 1. The number of aromatic nitrogens is 2. The third-order valence-electron chi connectivity index (χ3n) is 2.63. The van der Waals surface area contributed by atoms with Crippen molar-refractivity contribution in [1.29, 1.82) is 0 Å². The van der Waals surface area contributed by atoms with E-state index in [4.69, 9.17) is 5.73 Å². The van der Waals surface area contributed by atoms with Gasteiger partial charge in [-0.25, -0.2) is 9.97 Å². The largest absolute Gasteiger partial charge is 0.382 e. The summed E-state index contributed by atoms with van der Waals surface area (Å²) < 4.78 is 0. The van der Waals surface area contributed by atoms with Crippen molar-refractivity contribution in [2.24, 2.45) is 10.4 Å². The van der Waals surface area contributed by atoms with Gasteiger partial charge in [-0.3, -0.25) is 4.99 Å². The van der Waals surface area contributed by atoms with Gasteiger partial charge in [-0.15, -0.1) is 0 Å². The van der Waals surface area contributed by atoms with Crippen LogP contribution in [-0.2, 0) is 0 Å². The van der Waals surface area contributed by atoms with Crippen molar-refractivity contribution in [3.8, 4) is 0 Å². The highest BCUT2D eigenvalue weighted by atomic mass is 15.0. The highest BCUT2D eigenvalue weighted by Gasteiger charge is 2.32. The zero-order valence-corrected chi connectivity index (χ0v) is 9.57. The van der Waals surface area contributed by atoms with E-state index in [-0.39, 0.29) is 11.3 Å². The molecule has 80 valence electrons. The summed E-state index contributed by atoms with van der Waals surface area (Å²) in [5.41, 5.74) is 7.64. The van der Waals surface area contributed by atoms with E-state index < -0.39 is 0 Å². The van der Waals surface area contributed by atoms with E-state index in [1.165, 1.54) is 0 Å². The van der Waals surface area contributed by atoms with Gasteiger partial charge in [0, 0.05) is 12.1 Å². The Hall–Kier alpha value is -1.45. The second-order valence-corrected chi connectivity index (χ2v) is 5.01. The van der Waals surface area contributed by atoms with Crippen molar-refractivity contribution < 1.29 is 0 Å². The van der Waals surface area contributed by atoms with Crippen molar-refractivity contribution in [2.45, 2.75) is 33.6 Å². The number of nitrogen functional groups attached to an aromatic ring is 1. The van der Waals surface area contributed by atoms with Crippen LogP contribution < -0.4 is 5.73 Å². The van der Waals surface area contributed by atoms with Crippen molar-refractivity contribution >= 4 is 17.7 Å². The molecule has 0 saturated heterocycles. The molecule has 0 saturated carbocycles. The summed E-state index contributed by atoms with van der Waals surface area (Å²) in [6.07, 6.45) is 1.93. The Morgan fingerprint density at radius 3 is 2.53 bits per heavy atom. The molecule has 15 heavy (non-hydrogen) atoms. The van der Waals surface area contributed by atoms with Crippen LogP contribution in [0.25, 0.3) is 0 Å². The Bertz CT molecular complexity index is 429. The first-order chi connectivity index (χ1) is 6.89. The molecule has 1 aromatic rings. The summed E-state index contributed by atoms with van der Waals surface area (Å²) in [6, 6.07) is 0. The fourth-order valence-electron chi connectivity index (χ4n) is 1.81. The van der Waals surface area contributed by atoms with Gasteiger partial charge >= 0.3 is 0 Å². The zero-order valence-electron chi connectivity index (χ0n) is 9.57. The van der Waals surface area contributed by atoms with E-state index in [0.29, 0.717) is 11.6 Å². The summed E-state index contributed by atoms with van der Waals surface area (Å²) >= 11 is 0. The maximum Gasteiger partial charge on any atom is 0.153 e. The van der Waals surface area contributed by atoms with Crippen LogP contribution in [-0.4, -0.2) is 16.2 Å². The Labute approximate surface area is 89.7 Å². The molecule has 0 aromatic carbocycles. The average molecular weight is 204 g/mol. The highest BCUT2D eigenvalue weighted by Crippen LogP contribution is 2.43. The molecular weight excluding hydrogens is 188 g/mol. The summed E-state index contributed by atoms with van der Waals surface area (Å²) in [4.78, 5) is 12.9. The molecule has 1 atom stereocenters. The molecule has 2 N–H and O–H groups in total. The lowest BCUT2D eigenvalue weighted by atomic mass is 9.80. The van der Waals surface area contributed by atoms with Crippen molar-refractivity contribution in [1.82, 2.24) is 9.97 Å². The topological polar surface area (TPSA) is 64.2 Å². The van der Waals surface area contributed by atoms with Crippen LogP contribution in [0.3, 0.4) is 0 Å². The minimum atomic E-state index is 0.113. The predicted octanol–water partition coefficient (Wildman–Crippen LogP) is 2.21. The number of rotatable bonds is 0. The minimum absolute atomic E-state index is 0.113. The standard InChI is InChI=1S/C11H16N4/c1-6-14-8-7(11(2,3)4)5-13-9(8)10(12)15-6/h5,7H,1-4H3,(H2,12,14,15). The van der Waals surface area contributed by atoms with E-state index in [1.807, 2.05) is 13.1 Å². The molecule has 4 nitrogen and oxygen atoms in total. The second-order valence-electron chi connectivity index (χ2n) is 5.01. The molecular formula is C11H16N4. The average Bonchev–Trinajstić information content (AvgIpc) is 2.45. The van der Waals surface area contributed by atoms with E-state index in [1.54, 1.807) is 0 Å². The SMILES string of the molecule is Cc1nc(N)c2c(n1)C(C(C)(C)C)C=N2. The lowest BCUT2D eigenvalue weighted by Gasteiger charge is -2.24. The minimum Gasteiger partial charge on any atom is -0.382 e. The van der Waals surface area contributed by atoms with Gasteiger partial charge in [0.05, 0.1) is 5.69 Å². The van der Waals surface area contributed by atoms with Gasteiger partial charge in [-0.1, -0.05) is 20.8 Å². The Balaban J connectivity index is 2.56. The molecule has 0 aliphatic carbocycles. The Morgan fingerprint density at radius 2 is 1.93 bits per heavy atom. The zero-order chi connectivity index (χ0) is 11.2. The van der Waals surface area contributed by atoms with Crippen LogP contribution in [0.15, 0.2) is 4.99 Å². The summed E-state index contributed by atoms with van der Waals surface area (Å²) in [5, 5.41) is 0. The van der Waals surface area contributed by atoms with Gasteiger partial charge in [-0.2, -0.15) is 0 Å². The molecule has 1 aromatic heterocycles. The summed E-state index contributed by atoms with van der Waals surface area (Å²) in [6.45, 7) is 8.37. The molecule has 0 spiro atoms. The molecule has 0 fully saturated rings. The lowest BCUT2D eigenvalue weighted by Crippen LogP contribution is -2.19. The summed E-state index contributed by atoms with van der Waals surface area (Å²) in [5.74, 6) is 1.43. The van der Waals surface area contributed by atoms with Crippen molar-refractivity contribution in [2.75, 3.05) is 5.73 Å². The molecule has 2 heterocycles. The van der Waals surface area contributed by atoms with Crippen LogP contribution in [0.5, 0.6) is 0 Å². The van der Waals surface area contributed by atoms with E-state index in [2.05, 4.69) is 35.7 Å². The number of aryl methyl sites for hydroxylation is 1. The van der Waals surface area contributed by atoms with Gasteiger partial charge in [0.2, 0.25) is 0 Å². The molecule has 1 aliphatic rings. The first-order valence-corrected chi connectivity index (χ1v) is 5.08. The van der Waals surface area contributed by atoms with E-state index in [9.17, 15) is 0 Å². The molecule has 1 aliphatic heterocycles. The number of nitrogens with two attached hydrogens (primary N) is 1. The van der Waals surface area contributed by atoms with Crippen molar-refractivity contribution in [3.05, 3.63) is 11.5 Å². The van der Waals surface area contributed by atoms with Crippen LogP contribution in [0.1, 0.15) is 38.2 Å². The van der Waals surface area contributed by atoms with Crippen LogP contribution in [0, 0.1) is 12.3 Å². The predicted molar refractivity (Wildman–Crippen MR) is 61.5 cm³/mol. The Kier molecular flexibility index (Phi) is 2.03. The number of anilines is 1. The monoisotopic (exact) mass is 204 g/mol. The maximum atomic E-state index is 5.81.